The number of carbonyl (C=O) groups excluding carboxylic acids is 1. The molecule has 27 heavy (non-hydrogen) atoms. The van der Waals surface area contributed by atoms with Crippen molar-refractivity contribution in [2.45, 2.75) is 51.1 Å². The Morgan fingerprint density at radius 3 is 2.67 bits per heavy atom. The van der Waals surface area contributed by atoms with Crippen molar-refractivity contribution >= 4 is 17.5 Å². The Kier molecular flexibility index (Phi) is 7.57. The fourth-order valence-electron chi connectivity index (χ4n) is 4.71. The summed E-state index contributed by atoms with van der Waals surface area (Å²) in [5.41, 5.74) is 1.27. The van der Waals surface area contributed by atoms with Gasteiger partial charge < -0.3 is 9.80 Å². The molecule has 0 bridgehead atoms. The number of nitrogens with zero attached hydrogens (tertiary/aromatic N) is 3. The van der Waals surface area contributed by atoms with Gasteiger partial charge in [0, 0.05) is 43.7 Å². The molecule has 1 amide bonds. The van der Waals surface area contributed by atoms with E-state index in [-0.39, 0.29) is 0 Å². The van der Waals surface area contributed by atoms with E-state index in [1.54, 1.807) is 0 Å². The van der Waals surface area contributed by atoms with E-state index < -0.39 is 0 Å². The second-order valence-corrected chi connectivity index (χ2v) is 8.86. The van der Waals surface area contributed by atoms with Crippen LogP contribution < -0.4 is 0 Å². The molecule has 2 fully saturated rings. The maximum absolute atomic E-state index is 12.6. The number of halogens is 1. The summed E-state index contributed by atoms with van der Waals surface area (Å²) in [6.45, 7) is 5.02. The molecule has 0 N–H and O–H groups in total. The summed E-state index contributed by atoms with van der Waals surface area (Å²) in [6, 6.07) is 8.74. The minimum atomic E-state index is 0.360. The molecule has 0 unspecified atom stereocenters. The Bertz CT molecular complexity index is 615. The Hall–Kier alpha value is -1.10. The highest BCUT2D eigenvalue weighted by molar-refractivity contribution is 6.30. The summed E-state index contributed by atoms with van der Waals surface area (Å²) in [7, 11) is 4.35. The van der Waals surface area contributed by atoms with E-state index >= 15 is 0 Å². The van der Waals surface area contributed by atoms with Crippen LogP contribution in [0, 0.1) is 5.92 Å². The molecule has 4 nitrogen and oxygen atoms in total. The summed E-state index contributed by atoms with van der Waals surface area (Å²) in [5.74, 6) is 0.904. The van der Waals surface area contributed by atoms with E-state index in [1.165, 1.54) is 24.8 Å². The SMILES string of the molecule is CN(C)[C@@H]1CCN(Cc2cccc(Cl)c2)C[C@@H]1CCC(=O)N1CCCCC1. The molecule has 2 aliphatic rings. The molecule has 150 valence electrons. The predicted octanol–water partition coefficient (Wildman–Crippen LogP) is 3.88. The third-order valence-electron chi connectivity index (χ3n) is 6.17. The average Bonchev–Trinajstić information content (AvgIpc) is 2.66. The van der Waals surface area contributed by atoms with Crippen molar-refractivity contribution in [3.63, 3.8) is 0 Å². The number of hydrogen-bond acceptors (Lipinski definition) is 3. The van der Waals surface area contributed by atoms with Crippen LogP contribution in [0.4, 0.5) is 0 Å². The molecule has 2 atom stereocenters. The summed E-state index contributed by atoms with van der Waals surface area (Å²) in [5, 5.41) is 0.805. The van der Waals surface area contributed by atoms with E-state index in [0.717, 1.165) is 50.6 Å². The number of carbonyl (C=O) groups is 1. The normalized spacial score (nSPS) is 24.4. The van der Waals surface area contributed by atoms with E-state index in [4.69, 9.17) is 11.6 Å². The number of piperidine rings is 2. The second kappa shape index (κ2) is 9.90. The van der Waals surface area contributed by atoms with E-state index in [0.29, 0.717) is 24.3 Å². The monoisotopic (exact) mass is 391 g/mol. The second-order valence-electron chi connectivity index (χ2n) is 8.42. The summed E-state index contributed by atoms with van der Waals surface area (Å²) in [4.78, 5) is 19.6. The Labute approximate surface area is 169 Å². The van der Waals surface area contributed by atoms with Gasteiger partial charge in [-0.2, -0.15) is 0 Å². The van der Waals surface area contributed by atoms with E-state index in [2.05, 4.69) is 40.9 Å². The molecule has 1 aromatic carbocycles. The van der Waals surface area contributed by atoms with Gasteiger partial charge in [0.05, 0.1) is 0 Å². The van der Waals surface area contributed by atoms with Crippen molar-refractivity contribution in [3.05, 3.63) is 34.9 Å². The van der Waals surface area contributed by atoms with Crippen molar-refractivity contribution in [2.75, 3.05) is 40.3 Å². The number of hydrogen-bond donors (Lipinski definition) is 0. The third-order valence-corrected chi connectivity index (χ3v) is 6.41. The highest BCUT2D eigenvalue weighted by atomic mass is 35.5. The quantitative estimate of drug-likeness (QED) is 0.736. The van der Waals surface area contributed by atoms with Gasteiger partial charge in [0.2, 0.25) is 5.91 Å². The van der Waals surface area contributed by atoms with Gasteiger partial charge in [-0.25, -0.2) is 0 Å². The molecule has 1 aromatic rings. The van der Waals surface area contributed by atoms with Crippen LogP contribution in [0.3, 0.4) is 0 Å². The maximum atomic E-state index is 12.6. The van der Waals surface area contributed by atoms with E-state index in [1.807, 2.05) is 12.1 Å². The average molecular weight is 392 g/mol. The smallest absolute Gasteiger partial charge is 0.222 e. The van der Waals surface area contributed by atoms with Gasteiger partial charge in [0.15, 0.2) is 0 Å². The van der Waals surface area contributed by atoms with Gasteiger partial charge in [0.25, 0.3) is 0 Å². The summed E-state index contributed by atoms with van der Waals surface area (Å²) >= 11 is 6.15. The lowest BCUT2D eigenvalue weighted by Gasteiger charge is -2.42. The van der Waals surface area contributed by atoms with Gasteiger partial charge in [-0.3, -0.25) is 9.69 Å². The minimum absolute atomic E-state index is 0.360. The molecule has 2 aliphatic heterocycles. The first-order valence-electron chi connectivity index (χ1n) is 10.4. The lowest BCUT2D eigenvalue weighted by Crippen LogP contribution is -2.49. The zero-order valence-electron chi connectivity index (χ0n) is 16.9. The van der Waals surface area contributed by atoms with Crippen LogP contribution in [0.1, 0.15) is 44.1 Å². The van der Waals surface area contributed by atoms with Gasteiger partial charge in [0.1, 0.15) is 0 Å². The van der Waals surface area contributed by atoms with Crippen molar-refractivity contribution in [2.24, 2.45) is 5.92 Å². The summed E-state index contributed by atoms with van der Waals surface area (Å²) < 4.78 is 0. The van der Waals surface area contributed by atoms with Gasteiger partial charge >= 0.3 is 0 Å². The topological polar surface area (TPSA) is 26.8 Å². The predicted molar refractivity (Wildman–Crippen MR) is 112 cm³/mol. The number of rotatable bonds is 6. The molecule has 0 saturated carbocycles. The summed E-state index contributed by atoms with van der Waals surface area (Å²) in [6.07, 6.45) is 6.46. The van der Waals surface area contributed by atoms with Crippen LogP contribution in [0.15, 0.2) is 24.3 Å². The molecule has 0 radical (unpaired) electrons. The first-order chi connectivity index (χ1) is 13.0. The third kappa shape index (κ3) is 5.94. The highest BCUT2D eigenvalue weighted by Gasteiger charge is 2.31. The van der Waals surface area contributed by atoms with Crippen molar-refractivity contribution in [3.8, 4) is 0 Å². The Balaban J connectivity index is 1.56. The van der Waals surface area contributed by atoms with Crippen LogP contribution in [-0.4, -0.2) is 66.9 Å². The molecule has 0 aromatic heterocycles. The minimum Gasteiger partial charge on any atom is -0.343 e. The van der Waals surface area contributed by atoms with Crippen molar-refractivity contribution in [1.82, 2.24) is 14.7 Å². The zero-order chi connectivity index (χ0) is 19.2. The van der Waals surface area contributed by atoms with Gasteiger partial charge in [-0.15, -0.1) is 0 Å². The molecular formula is C22H34ClN3O. The molecule has 0 aliphatic carbocycles. The van der Waals surface area contributed by atoms with Crippen LogP contribution in [0.25, 0.3) is 0 Å². The lowest BCUT2D eigenvalue weighted by molar-refractivity contribution is -0.132. The van der Waals surface area contributed by atoms with Crippen LogP contribution in [0.5, 0.6) is 0 Å². The van der Waals surface area contributed by atoms with Gasteiger partial charge in [-0.1, -0.05) is 23.7 Å². The Morgan fingerprint density at radius 2 is 1.96 bits per heavy atom. The Morgan fingerprint density at radius 1 is 1.19 bits per heavy atom. The van der Waals surface area contributed by atoms with Gasteiger partial charge in [-0.05, 0) is 76.4 Å². The molecule has 3 rings (SSSR count). The first kappa shape index (κ1) is 20.6. The number of likely N-dealkylation sites (tertiary alicyclic amines) is 2. The maximum Gasteiger partial charge on any atom is 0.222 e. The molecule has 2 saturated heterocycles. The largest absolute Gasteiger partial charge is 0.343 e. The molecule has 5 heteroatoms. The van der Waals surface area contributed by atoms with Crippen LogP contribution in [-0.2, 0) is 11.3 Å². The zero-order valence-corrected chi connectivity index (χ0v) is 17.6. The molecular weight excluding hydrogens is 358 g/mol. The van der Waals surface area contributed by atoms with Crippen molar-refractivity contribution < 1.29 is 4.79 Å². The van der Waals surface area contributed by atoms with Crippen LogP contribution in [0.2, 0.25) is 5.02 Å². The number of amides is 1. The first-order valence-corrected chi connectivity index (χ1v) is 10.8. The number of benzene rings is 1. The van der Waals surface area contributed by atoms with E-state index in [9.17, 15) is 4.79 Å². The molecule has 0 spiro atoms. The fraction of sp³-hybridized carbons (Fsp3) is 0.682. The standard InChI is InChI=1S/C22H34ClN3O/c1-24(2)21-11-14-25(16-18-7-6-8-20(23)15-18)17-19(21)9-10-22(27)26-12-4-3-5-13-26/h6-8,15,19,21H,3-5,9-14,16-17H2,1-2H3/t19-,21+/m0/s1. The lowest BCUT2D eigenvalue weighted by atomic mass is 9.87. The van der Waals surface area contributed by atoms with Crippen molar-refractivity contribution in [1.29, 1.82) is 0 Å². The van der Waals surface area contributed by atoms with Crippen LogP contribution >= 0.6 is 11.6 Å². The fourth-order valence-corrected chi connectivity index (χ4v) is 4.92. The highest BCUT2D eigenvalue weighted by Crippen LogP contribution is 2.27. The molecule has 2 heterocycles.